The molecule has 0 aromatic heterocycles. The van der Waals surface area contributed by atoms with Crippen LogP contribution in [-0.4, -0.2) is 34.5 Å². The highest BCUT2D eigenvalue weighted by Gasteiger charge is 2.23. The maximum Gasteiger partial charge on any atom is 0.243 e. The Hall–Kier alpha value is -1.13. The molecule has 0 bridgehead atoms. The van der Waals surface area contributed by atoms with Gasteiger partial charge in [-0.05, 0) is 26.0 Å². The lowest BCUT2D eigenvalue weighted by Gasteiger charge is -2.17. The van der Waals surface area contributed by atoms with Crippen molar-refractivity contribution in [2.45, 2.75) is 25.0 Å². The van der Waals surface area contributed by atoms with Crippen LogP contribution in [0.3, 0.4) is 0 Å². The van der Waals surface area contributed by atoms with E-state index in [9.17, 15) is 8.42 Å². The molecule has 0 atom stereocenters. The Morgan fingerprint density at radius 3 is 2.62 bits per heavy atom. The van der Waals surface area contributed by atoms with Crippen LogP contribution in [0.1, 0.15) is 13.8 Å². The van der Waals surface area contributed by atoms with Crippen molar-refractivity contribution in [2.24, 2.45) is 8.73 Å². The molecule has 1 aromatic carbocycles. The minimum Gasteiger partial charge on any atom is -0.352 e. The van der Waals surface area contributed by atoms with E-state index in [1.807, 2.05) is 13.8 Å². The zero-order valence-corrected chi connectivity index (χ0v) is 13.4. The molecule has 116 valence electrons. The van der Waals surface area contributed by atoms with E-state index in [0.717, 1.165) is 11.4 Å². The Balaban J connectivity index is 2.13. The number of nitrogens with zero attached hydrogens (tertiary/aromatic N) is 2. The summed E-state index contributed by atoms with van der Waals surface area (Å²) >= 11 is 0.982. The Morgan fingerprint density at radius 2 is 1.95 bits per heavy atom. The first-order chi connectivity index (χ1) is 10.1. The van der Waals surface area contributed by atoms with Gasteiger partial charge in [0.25, 0.3) is 0 Å². The van der Waals surface area contributed by atoms with Crippen molar-refractivity contribution < 1.29 is 17.9 Å². The fraction of sp³-hybridized carbons (Fsp3) is 0.500. The zero-order valence-electron chi connectivity index (χ0n) is 11.8. The fourth-order valence-electron chi connectivity index (χ4n) is 1.79. The molecule has 2 rings (SSSR count). The molecular formula is C12H17N3O4S2. The van der Waals surface area contributed by atoms with Gasteiger partial charge in [0, 0.05) is 13.2 Å². The Morgan fingerprint density at radius 1 is 1.24 bits per heavy atom. The third kappa shape index (κ3) is 3.95. The maximum atomic E-state index is 12.4. The van der Waals surface area contributed by atoms with E-state index in [-0.39, 0.29) is 11.4 Å². The van der Waals surface area contributed by atoms with Gasteiger partial charge in [0.15, 0.2) is 6.29 Å². The van der Waals surface area contributed by atoms with Crippen LogP contribution in [0.2, 0.25) is 0 Å². The van der Waals surface area contributed by atoms with Crippen LogP contribution in [0.4, 0.5) is 11.4 Å². The second kappa shape index (κ2) is 7.23. The number of ether oxygens (including phenoxy) is 2. The molecule has 9 heteroatoms. The van der Waals surface area contributed by atoms with Crippen LogP contribution in [0.15, 0.2) is 31.8 Å². The highest BCUT2D eigenvalue weighted by atomic mass is 32.2. The van der Waals surface area contributed by atoms with E-state index in [2.05, 4.69) is 13.4 Å². The average Bonchev–Trinajstić information content (AvgIpc) is 2.93. The van der Waals surface area contributed by atoms with E-state index in [0.29, 0.717) is 24.6 Å². The van der Waals surface area contributed by atoms with Crippen molar-refractivity contribution in [3.05, 3.63) is 18.2 Å². The molecule has 1 heterocycles. The van der Waals surface area contributed by atoms with Gasteiger partial charge in [0.1, 0.15) is 16.3 Å². The lowest BCUT2D eigenvalue weighted by atomic mass is 10.3. The molecule has 1 aliphatic heterocycles. The van der Waals surface area contributed by atoms with E-state index >= 15 is 0 Å². The predicted molar refractivity (Wildman–Crippen MR) is 80.2 cm³/mol. The summed E-state index contributed by atoms with van der Waals surface area (Å²) < 4.78 is 45.9. The van der Waals surface area contributed by atoms with E-state index in [1.54, 1.807) is 12.1 Å². The van der Waals surface area contributed by atoms with Crippen LogP contribution < -0.4 is 4.72 Å². The van der Waals surface area contributed by atoms with Gasteiger partial charge in [-0.2, -0.15) is 8.73 Å². The molecule has 0 fully saturated rings. The van der Waals surface area contributed by atoms with Crippen LogP contribution in [0.5, 0.6) is 0 Å². The Kier molecular flexibility index (Phi) is 5.59. The van der Waals surface area contributed by atoms with Gasteiger partial charge < -0.3 is 9.47 Å². The van der Waals surface area contributed by atoms with E-state index < -0.39 is 16.3 Å². The molecule has 0 saturated carbocycles. The third-order valence-corrected chi connectivity index (χ3v) is 4.68. The SMILES string of the molecule is CCOC(CNS(=O)(=O)c1cccc2c1N=S=N2)OCC. The number of fused-ring (bicyclic) bond motifs is 1. The largest absolute Gasteiger partial charge is 0.352 e. The van der Waals surface area contributed by atoms with Crippen molar-refractivity contribution >= 4 is 32.8 Å². The van der Waals surface area contributed by atoms with Gasteiger partial charge in [-0.15, -0.1) is 0 Å². The first kappa shape index (κ1) is 16.2. The maximum absolute atomic E-state index is 12.4. The van der Waals surface area contributed by atoms with Crippen molar-refractivity contribution in [3.63, 3.8) is 0 Å². The summed E-state index contributed by atoms with van der Waals surface area (Å²) in [5.74, 6) is 0. The molecule has 0 amide bonds. The summed E-state index contributed by atoms with van der Waals surface area (Å²) in [5.41, 5.74) is 0.938. The summed E-state index contributed by atoms with van der Waals surface area (Å²) in [6, 6.07) is 4.87. The summed E-state index contributed by atoms with van der Waals surface area (Å²) in [7, 11) is -3.69. The molecule has 0 unspecified atom stereocenters. The van der Waals surface area contributed by atoms with Gasteiger partial charge >= 0.3 is 0 Å². The minimum absolute atomic E-state index is 0.0396. The first-order valence-corrected chi connectivity index (χ1v) is 8.74. The van der Waals surface area contributed by atoms with Gasteiger partial charge in [-0.25, -0.2) is 13.1 Å². The standard InChI is InChI=1S/C12H17N3O4S2/c1-3-18-11(19-4-2)8-13-21(16,17)10-7-5-6-9-12(10)15-20-14-9/h5-7,11,13H,3-4,8H2,1-2H3. The first-order valence-electron chi connectivity index (χ1n) is 6.52. The Labute approximate surface area is 127 Å². The second-order valence-corrected chi connectivity index (χ2v) is 6.34. The number of hydrogen-bond donors (Lipinski definition) is 1. The van der Waals surface area contributed by atoms with Crippen molar-refractivity contribution in [2.75, 3.05) is 19.8 Å². The van der Waals surface area contributed by atoms with Crippen molar-refractivity contribution in [1.29, 1.82) is 0 Å². The molecule has 0 spiro atoms. The van der Waals surface area contributed by atoms with Gasteiger partial charge in [0.2, 0.25) is 10.0 Å². The molecule has 1 N–H and O–H groups in total. The normalized spacial score (nSPS) is 13.5. The second-order valence-electron chi connectivity index (χ2n) is 4.08. The van der Waals surface area contributed by atoms with E-state index in [4.69, 9.17) is 9.47 Å². The van der Waals surface area contributed by atoms with Crippen molar-refractivity contribution in [1.82, 2.24) is 4.72 Å². The van der Waals surface area contributed by atoms with Crippen LogP contribution >= 0.6 is 0 Å². The summed E-state index contributed by atoms with van der Waals surface area (Å²) in [4.78, 5) is 0.112. The Bertz CT molecular complexity index is 663. The van der Waals surface area contributed by atoms with Gasteiger partial charge in [-0.3, -0.25) is 0 Å². The highest BCUT2D eigenvalue weighted by Crippen LogP contribution is 2.37. The predicted octanol–water partition coefficient (Wildman–Crippen LogP) is 2.09. The number of benzene rings is 1. The third-order valence-electron chi connectivity index (χ3n) is 2.68. The number of hydrogen-bond acceptors (Lipinski definition) is 6. The summed E-state index contributed by atoms with van der Waals surface area (Å²) in [6.07, 6.45) is -0.609. The molecule has 1 aliphatic rings. The molecule has 1 aromatic rings. The summed E-state index contributed by atoms with van der Waals surface area (Å²) in [5, 5.41) is 0. The van der Waals surface area contributed by atoms with Crippen LogP contribution in [0, 0.1) is 0 Å². The molecule has 7 nitrogen and oxygen atoms in total. The number of nitrogens with one attached hydrogen (secondary N) is 1. The lowest BCUT2D eigenvalue weighted by molar-refractivity contribution is -0.130. The monoisotopic (exact) mass is 331 g/mol. The lowest BCUT2D eigenvalue weighted by Crippen LogP contribution is -2.35. The fourth-order valence-corrected chi connectivity index (χ4v) is 3.57. The molecule has 0 radical (unpaired) electrons. The minimum atomic E-state index is -3.69. The van der Waals surface area contributed by atoms with Gasteiger partial charge in [-0.1, -0.05) is 6.07 Å². The molecule has 21 heavy (non-hydrogen) atoms. The van der Waals surface area contributed by atoms with Gasteiger partial charge in [0.05, 0.1) is 17.9 Å². The molecule has 0 aliphatic carbocycles. The zero-order chi connectivity index (χ0) is 15.3. The summed E-state index contributed by atoms with van der Waals surface area (Å²) in [6.45, 7) is 4.57. The number of sulfonamides is 1. The smallest absolute Gasteiger partial charge is 0.243 e. The van der Waals surface area contributed by atoms with E-state index in [1.165, 1.54) is 6.07 Å². The number of rotatable bonds is 8. The van der Waals surface area contributed by atoms with Crippen molar-refractivity contribution in [3.8, 4) is 0 Å². The molecular weight excluding hydrogens is 314 g/mol. The topological polar surface area (TPSA) is 89.3 Å². The van der Waals surface area contributed by atoms with Crippen LogP contribution in [-0.2, 0) is 30.9 Å². The highest BCUT2D eigenvalue weighted by molar-refractivity contribution is 7.89. The average molecular weight is 331 g/mol. The van der Waals surface area contributed by atoms with Crippen LogP contribution in [0.25, 0.3) is 0 Å². The quantitative estimate of drug-likeness (QED) is 0.750. The molecule has 0 saturated heterocycles.